The second-order valence-corrected chi connectivity index (χ2v) is 3.89. The molecule has 0 aliphatic heterocycles. The molecule has 0 saturated heterocycles. The smallest absolute Gasteiger partial charge is 0.131 e. The van der Waals surface area contributed by atoms with Crippen LogP contribution in [0.25, 0.3) is 11.1 Å². The van der Waals surface area contributed by atoms with Gasteiger partial charge in [0.15, 0.2) is 0 Å². The fourth-order valence-electron chi connectivity index (χ4n) is 1.88. The molecule has 2 aromatic rings. The van der Waals surface area contributed by atoms with Gasteiger partial charge in [-0.15, -0.1) is 0 Å². The summed E-state index contributed by atoms with van der Waals surface area (Å²) in [7, 11) is 0. The molecule has 0 aliphatic rings. The van der Waals surface area contributed by atoms with E-state index >= 15 is 0 Å². The Morgan fingerprint density at radius 2 is 1.62 bits per heavy atom. The minimum absolute atomic E-state index is 0.269. The van der Waals surface area contributed by atoms with E-state index in [1.165, 1.54) is 18.2 Å². The predicted octanol–water partition coefficient (Wildman–Crippen LogP) is 4.25. The van der Waals surface area contributed by atoms with Gasteiger partial charge in [0.2, 0.25) is 0 Å². The summed E-state index contributed by atoms with van der Waals surface area (Å²) in [6.45, 7) is 3.63. The van der Waals surface area contributed by atoms with Crippen molar-refractivity contribution in [3.05, 3.63) is 59.2 Å². The monoisotopic (exact) mass is 218 g/mol. The maximum Gasteiger partial charge on any atom is 0.131 e. The van der Waals surface area contributed by atoms with E-state index in [4.69, 9.17) is 0 Å². The van der Waals surface area contributed by atoms with Crippen LogP contribution in [0.1, 0.15) is 11.1 Å². The lowest BCUT2D eigenvalue weighted by Gasteiger charge is -2.10. The topological polar surface area (TPSA) is 0 Å². The normalized spacial score (nSPS) is 10.5. The van der Waals surface area contributed by atoms with Crippen molar-refractivity contribution in [1.82, 2.24) is 0 Å². The average molecular weight is 218 g/mol. The fraction of sp³-hybridized carbons (Fsp3) is 0.143. The molecule has 0 N–H and O–H groups in total. The molecule has 0 radical (unpaired) electrons. The van der Waals surface area contributed by atoms with E-state index in [2.05, 4.69) is 0 Å². The Morgan fingerprint density at radius 1 is 0.875 bits per heavy atom. The maximum absolute atomic E-state index is 13.7. The van der Waals surface area contributed by atoms with Gasteiger partial charge in [0.05, 0.1) is 0 Å². The van der Waals surface area contributed by atoms with E-state index in [1.54, 1.807) is 19.1 Å². The van der Waals surface area contributed by atoms with Crippen molar-refractivity contribution in [2.45, 2.75) is 13.8 Å². The van der Waals surface area contributed by atoms with Gasteiger partial charge < -0.3 is 0 Å². The first kappa shape index (κ1) is 10.8. The van der Waals surface area contributed by atoms with E-state index in [0.717, 1.165) is 16.7 Å². The number of aryl methyl sites for hydroxylation is 2. The molecule has 2 heteroatoms. The maximum atomic E-state index is 13.7. The molecule has 0 unspecified atom stereocenters. The summed E-state index contributed by atoms with van der Waals surface area (Å²) in [6, 6.07) is 9.34. The summed E-state index contributed by atoms with van der Waals surface area (Å²) in [5.41, 5.74) is 2.90. The van der Waals surface area contributed by atoms with Gasteiger partial charge in [-0.2, -0.15) is 0 Å². The van der Waals surface area contributed by atoms with Gasteiger partial charge in [-0.05, 0) is 48.7 Å². The van der Waals surface area contributed by atoms with Crippen LogP contribution in [0.15, 0.2) is 36.4 Å². The molecule has 0 nitrogen and oxygen atoms in total. The number of halogens is 2. The van der Waals surface area contributed by atoms with Crippen LogP contribution >= 0.6 is 0 Å². The lowest BCUT2D eigenvalue weighted by atomic mass is 9.96. The van der Waals surface area contributed by atoms with Gasteiger partial charge in [-0.25, -0.2) is 8.78 Å². The summed E-state index contributed by atoms with van der Waals surface area (Å²) in [4.78, 5) is 0. The third kappa shape index (κ3) is 1.83. The molecule has 16 heavy (non-hydrogen) atoms. The molecule has 0 amide bonds. The zero-order valence-electron chi connectivity index (χ0n) is 9.22. The Balaban J connectivity index is 2.68. The van der Waals surface area contributed by atoms with E-state index in [-0.39, 0.29) is 11.6 Å². The molecule has 0 atom stereocenters. The van der Waals surface area contributed by atoms with Gasteiger partial charge in [0.25, 0.3) is 0 Å². The third-order valence-electron chi connectivity index (χ3n) is 2.68. The van der Waals surface area contributed by atoms with Crippen LogP contribution in [-0.2, 0) is 0 Å². The van der Waals surface area contributed by atoms with Crippen LogP contribution in [0, 0.1) is 25.5 Å². The predicted molar refractivity (Wildman–Crippen MR) is 61.3 cm³/mol. The molecule has 2 rings (SSSR count). The van der Waals surface area contributed by atoms with Crippen molar-refractivity contribution < 1.29 is 8.78 Å². The average Bonchev–Trinajstić information content (AvgIpc) is 2.20. The summed E-state index contributed by atoms with van der Waals surface area (Å²) in [5.74, 6) is -0.565. The van der Waals surface area contributed by atoms with E-state index < -0.39 is 0 Å². The highest BCUT2D eigenvalue weighted by Crippen LogP contribution is 2.29. The SMILES string of the molecule is Cc1cc(F)ccc1-c1c(C)cccc1F. The fourth-order valence-corrected chi connectivity index (χ4v) is 1.88. The number of hydrogen-bond donors (Lipinski definition) is 0. The van der Waals surface area contributed by atoms with Gasteiger partial charge in [-0.1, -0.05) is 18.2 Å². The lowest BCUT2D eigenvalue weighted by molar-refractivity contribution is 0.624. The van der Waals surface area contributed by atoms with Crippen LogP contribution in [0.3, 0.4) is 0 Å². The van der Waals surface area contributed by atoms with Crippen LogP contribution in [0.5, 0.6) is 0 Å². The zero-order valence-corrected chi connectivity index (χ0v) is 9.22. The van der Waals surface area contributed by atoms with Gasteiger partial charge in [-0.3, -0.25) is 0 Å². The number of benzene rings is 2. The highest BCUT2D eigenvalue weighted by atomic mass is 19.1. The number of rotatable bonds is 1. The minimum Gasteiger partial charge on any atom is -0.207 e. The Bertz CT molecular complexity index is 510. The van der Waals surface area contributed by atoms with Crippen molar-refractivity contribution in [3.8, 4) is 11.1 Å². The Morgan fingerprint density at radius 3 is 2.25 bits per heavy atom. The Kier molecular flexibility index (Phi) is 2.73. The van der Waals surface area contributed by atoms with E-state index in [1.807, 2.05) is 13.0 Å². The largest absolute Gasteiger partial charge is 0.207 e. The first-order chi connectivity index (χ1) is 7.59. The van der Waals surface area contributed by atoms with Crippen molar-refractivity contribution in [3.63, 3.8) is 0 Å². The molecule has 82 valence electrons. The molecular formula is C14H12F2. The van der Waals surface area contributed by atoms with Crippen LogP contribution in [0.2, 0.25) is 0 Å². The second kappa shape index (κ2) is 4.05. The molecule has 0 saturated carbocycles. The molecule has 0 fully saturated rings. The Hall–Kier alpha value is -1.70. The lowest BCUT2D eigenvalue weighted by Crippen LogP contribution is -1.92. The summed E-state index contributed by atoms with van der Waals surface area (Å²) < 4.78 is 26.7. The molecule has 2 aromatic carbocycles. The van der Waals surface area contributed by atoms with Crippen molar-refractivity contribution in [2.24, 2.45) is 0 Å². The van der Waals surface area contributed by atoms with Crippen LogP contribution in [-0.4, -0.2) is 0 Å². The zero-order chi connectivity index (χ0) is 11.7. The third-order valence-corrected chi connectivity index (χ3v) is 2.68. The first-order valence-electron chi connectivity index (χ1n) is 5.11. The molecule has 0 heterocycles. The van der Waals surface area contributed by atoms with E-state index in [9.17, 15) is 8.78 Å². The summed E-state index contributed by atoms with van der Waals surface area (Å²) >= 11 is 0. The van der Waals surface area contributed by atoms with Crippen molar-refractivity contribution in [1.29, 1.82) is 0 Å². The van der Waals surface area contributed by atoms with Crippen molar-refractivity contribution in [2.75, 3.05) is 0 Å². The number of hydrogen-bond acceptors (Lipinski definition) is 0. The molecular weight excluding hydrogens is 206 g/mol. The molecule has 0 aromatic heterocycles. The standard InChI is InChI=1S/C14H12F2/c1-9-4-3-5-13(16)14(9)12-7-6-11(15)8-10(12)2/h3-8H,1-2H3. The molecule has 0 aliphatic carbocycles. The second-order valence-electron chi connectivity index (χ2n) is 3.89. The summed E-state index contributed by atoms with van der Waals surface area (Å²) in [5, 5.41) is 0. The highest BCUT2D eigenvalue weighted by Gasteiger charge is 2.10. The highest BCUT2D eigenvalue weighted by molar-refractivity contribution is 5.70. The molecule has 0 bridgehead atoms. The first-order valence-corrected chi connectivity index (χ1v) is 5.11. The van der Waals surface area contributed by atoms with Crippen molar-refractivity contribution >= 4 is 0 Å². The molecule has 0 spiro atoms. The Labute approximate surface area is 93.5 Å². The van der Waals surface area contributed by atoms with Gasteiger partial charge in [0.1, 0.15) is 11.6 Å². The van der Waals surface area contributed by atoms with Crippen LogP contribution in [0.4, 0.5) is 8.78 Å². The van der Waals surface area contributed by atoms with Gasteiger partial charge >= 0.3 is 0 Å². The van der Waals surface area contributed by atoms with Gasteiger partial charge in [0, 0.05) is 5.56 Å². The quantitative estimate of drug-likeness (QED) is 0.671. The van der Waals surface area contributed by atoms with E-state index in [0.29, 0.717) is 5.56 Å². The van der Waals surface area contributed by atoms with Crippen LogP contribution < -0.4 is 0 Å². The minimum atomic E-state index is -0.296. The summed E-state index contributed by atoms with van der Waals surface area (Å²) in [6.07, 6.45) is 0.